The van der Waals surface area contributed by atoms with Gasteiger partial charge >= 0.3 is 0 Å². The van der Waals surface area contributed by atoms with Crippen molar-refractivity contribution < 1.29 is 9.84 Å². The molecule has 1 atom stereocenters. The summed E-state index contributed by atoms with van der Waals surface area (Å²) in [5.41, 5.74) is 7.86. The molecule has 0 aliphatic carbocycles. The number of hydrogen-bond acceptors (Lipinski definition) is 8. The maximum Gasteiger partial charge on any atom is 0.278 e. The Morgan fingerprint density at radius 2 is 2.09 bits per heavy atom. The number of aliphatic hydroxyl groups is 1. The number of nitrogens with two attached hydrogens (primary N) is 1. The molecule has 0 spiro atoms. The normalized spacial score (nSPS) is 18.6. The van der Waals surface area contributed by atoms with Crippen LogP contribution in [-0.4, -0.2) is 36.5 Å². The van der Waals surface area contributed by atoms with Gasteiger partial charge in [-0.15, -0.1) is 0 Å². The molecule has 10 heteroatoms. The highest BCUT2D eigenvalue weighted by molar-refractivity contribution is 5.77. The molecular weight excluding hydrogens is 446 g/mol. The maximum atomic E-state index is 13.3. The van der Waals surface area contributed by atoms with Crippen LogP contribution in [0, 0.1) is 0 Å². The molecule has 2 bridgehead atoms. The Kier molecular flexibility index (Phi) is 5.83. The quantitative estimate of drug-likeness (QED) is 0.304. The lowest BCUT2D eigenvalue weighted by atomic mass is 9.95. The van der Waals surface area contributed by atoms with Gasteiger partial charge in [-0.25, -0.2) is 19.3 Å². The van der Waals surface area contributed by atoms with Gasteiger partial charge in [-0.05, 0) is 50.1 Å². The zero-order valence-electron chi connectivity index (χ0n) is 19.6. The number of fused-ring (bicyclic) bond motifs is 6. The van der Waals surface area contributed by atoms with Gasteiger partial charge in [-0.1, -0.05) is 18.2 Å². The van der Waals surface area contributed by atoms with Crippen molar-refractivity contribution in [3.8, 4) is 5.82 Å². The third kappa shape index (κ3) is 4.29. The molecule has 0 fully saturated rings. The fraction of sp³-hybridized carbons (Fsp3) is 0.280. The number of ether oxygens (including phenoxy) is 1. The largest absolute Gasteiger partial charge is 0.398 e. The Morgan fingerprint density at radius 3 is 2.91 bits per heavy atom. The van der Waals surface area contributed by atoms with E-state index in [0.717, 1.165) is 11.3 Å². The van der Waals surface area contributed by atoms with Crippen molar-refractivity contribution in [2.24, 2.45) is 0 Å². The van der Waals surface area contributed by atoms with Gasteiger partial charge in [0.2, 0.25) is 5.95 Å². The minimum absolute atomic E-state index is 0.218. The van der Waals surface area contributed by atoms with E-state index >= 15 is 0 Å². The molecule has 35 heavy (non-hydrogen) atoms. The lowest BCUT2D eigenvalue weighted by Gasteiger charge is -2.22. The number of methoxy groups -OCH3 is 1. The summed E-state index contributed by atoms with van der Waals surface area (Å²) in [5, 5.41) is 14.5. The molecule has 180 valence electrons. The smallest absolute Gasteiger partial charge is 0.278 e. The molecule has 1 aliphatic heterocycles. The highest BCUT2D eigenvalue weighted by Gasteiger charge is 2.26. The molecule has 4 heterocycles. The fourth-order valence-electron chi connectivity index (χ4n) is 4.21. The average Bonchev–Trinajstić information content (AvgIpc) is 3.11. The van der Waals surface area contributed by atoms with Gasteiger partial charge in [0.25, 0.3) is 5.56 Å². The van der Waals surface area contributed by atoms with Crippen molar-refractivity contribution in [3.05, 3.63) is 76.4 Å². The summed E-state index contributed by atoms with van der Waals surface area (Å²) in [4.78, 5) is 27.0. The minimum Gasteiger partial charge on any atom is -0.398 e. The highest BCUT2D eigenvalue weighted by atomic mass is 16.5. The van der Waals surface area contributed by atoms with Crippen LogP contribution in [-0.2, 0) is 23.5 Å². The number of rotatable bonds is 4. The first-order chi connectivity index (χ1) is 16.9. The van der Waals surface area contributed by atoms with E-state index in [0.29, 0.717) is 60.2 Å². The molecule has 1 aliphatic rings. The number of hydrogen-bond donors (Lipinski definition) is 3. The molecule has 1 aromatic carbocycles. The fourth-order valence-corrected chi connectivity index (χ4v) is 4.21. The van der Waals surface area contributed by atoms with E-state index < -0.39 is 5.60 Å². The maximum absolute atomic E-state index is 13.3. The summed E-state index contributed by atoms with van der Waals surface area (Å²) in [7, 11) is 1.61. The molecule has 0 amide bonds. The van der Waals surface area contributed by atoms with E-state index in [1.807, 2.05) is 30.4 Å². The van der Waals surface area contributed by atoms with E-state index in [4.69, 9.17) is 15.5 Å². The minimum atomic E-state index is -1.10. The third-order valence-electron chi connectivity index (χ3n) is 6.12. The first-order valence-corrected chi connectivity index (χ1v) is 11.4. The Balaban J connectivity index is 1.65. The van der Waals surface area contributed by atoms with E-state index in [9.17, 15) is 9.90 Å². The Bertz CT molecular complexity index is 1490. The second-order valence-corrected chi connectivity index (χ2v) is 8.77. The summed E-state index contributed by atoms with van der Waals surface area (Å²) >= 11 is 0. The number of nitrogens with zero attached hydrogens (tertiary/aromatic N) is 5. The summed E-state index contributed by atoms with van der Waals surface area (Å²) < 4.78 is 8.47. The number of pyridine rings is 1. The SMILES string of the molecule is COCc1cc(Nc2ncc3c(=O)n4n(c3n2)-c2cccc(n2)[C@](C)(O)CC/C=C\C4)ccc1N. The van der Waals surface area contributed by atoms with Gasteiger partial charge in [0.1, 0.15) is 11.0 Å². The van der Waals surface area contributed by atoms with Crippen LogP contribution < -0.4 is 16.6 Å². The zero-order chi connectivity index (χ0) is 24.6. The first-order valence-electron chi connectivity index (χ1n) is 11.4. The number of benzene rings is 1. The molecule has 4 aromatic rings. The lowest BCUT2D eigenvalue weighted by molar-refractivity contribution is 0.0443. The molecule has 4 N–H and O–H groups in total. The predicted octanol–water partition coefficient (Wildman–Crippen LogP) is 3.01. The van der Waals surface area contributed by atoms with Gasteiger partial charge < -0.3 is 20.9 Å². The van der Waals surface area contributed by atoms with Crippen molar-refractivity contribution in [1.29, 1.82) is 0 Å². The number of nitrogens with one attached hydrogen (secondary N) is 1. The van der Waals surface area contributed by atoms with E-state index in [2.05, 4.69) is 15.3 Å². The van der Waals surface area contributed by atoms with E-state index in [1.54, 1.807) is 41.6 Å². The van der Waals surface area contributed by atoms with Gasteiger partial charge in [-0.3, -0.25) is 4.79 Å². The lowest BCUT2D eigenvalue weighted by Crippen LogP contribution is -2.24. The van der Waals surface area contributed by atoms with Crippen LogP contribution in [0.15, 0.2) is 59.5 Å². The highest BCUT2D eigenvalue weighted by Crippen LogP contribution is 2.27. The molecule has 10 nitrogen and oxygen atoms in total. The number of aromatic nitrogens is 5. The van der Waals surface area contributed by atoms with Crippen LogP contribution in [0.3, 0.4) is 0 Å². The Hall–Kier alpha value is -4.02. The van der Waals surface area contributed by atoms with Gasteiger partial charge in [0.05, 0.1) is 18.8 Å². The van der Waals surface area contributed by atoms with Crippen LogP contribution in [0.25, 0.3) is 16.9 Å². The zero-order valence-corrected chi connectivity index (χ0v) is 19.6. The van der Waals surface area contributed by atoms with Crippen molar-refractivity contribution in [2.75, 3.05) is 18.2 Å². The second-order valence-electron chi connectivity index (χ2n) is 8.77. The van der Waals surface area contributed by atoms with Crippen LogP contribution in [0.1, 0.15) is 31.0 Å². The Labute approximate surface area is 201 Å². The molecule has 0 radical (unpaired) electrons. The van der Waals surface area contributed by atoms with Crippen molar-refractivity contribution in [3.63, 3.8) is 0 Å². The van der Waals surface area contributed by atoms with Gasteiger partial charge in [-0.2, -0.15) is 4.98 Å². The summed E-state index contributed by atoms with van der Waals surface area (Å²) in [6.45, 7) is 2.47. The summed E-state index contributed by atoms with van der Waals surface area (Å²) in [5.74, 6) is 0.809. The topological polar surface area (TPSA) is 133 Å². The number of allylic oxidation sites excluding steroid dienone is 2. The van der Waals surface area contributed by atoms with Gasteiger partial charge in [0.15, 0.2) is 11.5 Å². The monoisotopic (exact) mass is 473 g/mol. The molecule has 0 unspecified atom stereocenters. The van der Waals surface area contributed by atoms with Crippen LogP contribution in [0.2, 0.25) is 0 Å². The molecule has 5 rings (SSSR count). The van der Waals surface area contributed by atoms with Crippen molar-refractivity contribution >= 4 is 28.4 Å². The predicted molar refractivity (Wildman–Crippen MR) is 134 cm³/mol. The third-order valence-corrected chi connectivity index (χ3v) is 6.12. The Morgan fingerprint density at radius 1 is 1.23 bits per heavy atom. The second kappa shape index (κ2) is 8.97. The molecule has 0 saturated heterocycles. The van der Waals surface area contributed by atoms with E-state index in [1.165, 1.54) is 6.20 Å². The van der Waals surface area contributed by atoms with Crippen LogP contribution >= 0.6 is 0 Å². The van der Waals surface area contributed by atoms with Crippen LogP contribution in [0.5, 0.6) is 0 Å². The first kappa shape index (κ1) is 22.8. The standard InChI is InChI=1S/C25H27N7O3/c1-25(34)11-4-3-5-12-31-23(33)18-14-27-24(28-17-9-10-19(26)16(13-17)15-35-2)30-22(18)32(31)21-8-6-7-20(25)29-21/h3,5-10,13-14,34H,4,11-12,15,26H2,1-2H3,(H,27,28,30)/b5-3-/t25-/m1/s1. The summed E-state index contributed by atoms with van der Waals surface area (Å²) in [6, 6.07) is 10.9. The molecular formula is C25H27N7O3. The number of anilines is 3. The van der Waals surface area contributed by atoms with Crippen LogP contribution in [0.4, 0.5) is 17.3 Å². The average molecular weight is 474 g/mol. The summed E-state index contributed by atoms with van der Waals surface area (Å²) in [6.07, 6.45) is 6.58. The van der Waals surface area contributed by atoms with Crippen molar-refractivity contribution in [1.82, 2.24) is 24.3 Å². The van der Waals surface area contributed by atoms with Crippen molar-refractivity contribution in [2.45, 2.75) is 38.5 Å². The number of nitrogen functional groups attached to an aromatic ring is 1. The molecule has 3 aromatic heterocycles. The van der Waals surface area contributed by atoms with E-state index in [-0.39, 0.29) is 5.56 Å². The molecule has 0 saturated carbocycles. The van der Waals surface area contributed by atoms with Gasteiger partial charge in [0, 0.05) is 30.2 Å².